The van der Waals surface area contributed by atoms with E-state index in [0.717, 1.165) is 24.0 Å². The van der Waals surface area contributed by atoms with Crippen molar-refractivity contribution in [2.24, 2.45) is 11.8 Å². The maximum atomic E-state index is 12.7. The molecule has 4 rings (SSSR count). The van der Waals surface area contributed by atoms with Gasteiger partial charge in [-0.25, -0.2) is 9.67 Å². The van der Waals surface area contributed by atoms with E-state index >= 15 is 0 Å². The van der Waals surface area contributed by atoms with Gasteiger partial charge in [-0.15, -0.1) is 5.10 Å². The average Bonchev–Trinajstić information content (AvgIpc) is 3.20. The number of hydrogen-bond donors (Lipinski definition) is 1. The zero-order valence-electron chi connectivity index (χ0n) is 15.9. The molecule has 1 aliphatic carbocycles. The number of aromatic nitrogens is 5. The largest absolute Gasteiger partial charge is 0.337 e. The Kier molecular flexibility index (Phi) is 4.45. The van der Waals surface area contributed by atoms with Crippen LogP contribution in [0.3, 0.4) is 0 Å². The third-order valence-corrected chi connectivity index (χ3v) is 5.44. The van der Waals surface area contributed by atoms with Gasteiger partial charge in [0, 0.05) is 26.2 Å². The van der Waals surface area contributed by atoms with Crippen molar-refractivity contribution in [3.8, 4) is 0 Å². The van der Waals surface area contributed by atoms with Gasteiger partial charge in [-0.2, -0.15) is 5.10 Å². The zero-order chi connectivity index (χ0) is 19.1. The number of nitrogens with one attached hydrogen (secondary N) is 1. The van der Waals surface area contributed by atoms with Crippen LogP contribution in [0.1, 0.15) is 42.5 Å². The summed E-state index contributed by atoms with van der Waals surface area (Å²) in [5, 5.41) is 11.5. The van der Waals surface area contributed by atoms with Crippen molar-refractivity contribution in [1.82, 2.24) is 29.9 Å². The number of rotatable bonds is 4. The third kappa shape index (κ3) is 3.45. The Hall–Kier alpha value is -2.71. The molecule has 3 heterocycles. The number of anilines is 1. The lowest BCUT2D eigenvalue weighted by molar-refractivity contribution is -0.120. The summed E-state index contributed by atoms with van der Waals surface area (Å²) < 4.78 is 3.52. The van der Waals surface area contributed by atoms with Crippen LogP contribution < -0.4 is 10.2 Å². The van der Waals surface area contributed by atoms with Gasteiger partial charge in [0.15, 0.2) is 0 Å². The summed E-state index contributed by atoms with van der Waals surface area (Å²) in [6.45, 7) is 5.48. The maximum absolute atomic E-state index is 12.7. The summed E-state index contributed by atoms with van der Waals surface area (Å²) in [6, 6.07) is 1.25. The van der Waals surface area contributed by atoms with Crippen LogP contribution in [0.2, 0.25) is 0 Å². The average molecular weight is 371 g/mol. The second-order valence-corrected chi connectivity index (χ2v) is 7.81. The smallest absolute Gasteiger partial charge is 0.291 e. The number of hydrogen-bond acceptors (Lipinski definition) is 5. The van der Waals surface area contributed by atoms with Crippen molar-refractivity contribution in [2.45, 2.75) is 52.2 Å². The molecule has 2 amide bonds. The molecule has 9 heteroatoms. The van der Waals surface area contributed by atoms with Crippen LogP contribution in [0.15, 0.2) is 12.4 Å². The highest BCUT2D eigenvalue weighted by molar-refractivity contribution is 6.00. The van der Waals surface area contributed by atoms with Crippen LogP contribution in [-0.2, 0) is 17.9 Å². The predicted molar refractivity (Wildman–Crippen MR) is 98.2 cm³/mol. The Morgan fingerprint density at radius 2 is 2.11 bits per heavy atom. The molecule has 1 aliphatic heterocycles. The predicted octanol–water partition coefficient (Wildman–Crippen LogP) is 0.994. The monoisotopic (exact) mass is 371 g/mol. The number of likely N-dealkylation sites (N-methyl/N-ethyl adjacent to an activating group) is 1. The summed E-state index contributed by atoms with van der Waals surface area (Å²) in [5.41, 5.74) is 0.864. The van der Waals surface area contributed by atoms with Crippen LogP contribution in [0, 0.1) is 18.8 Å². The topological polar surface area (TPSA) is 97.9 Å². The number of carbonyl (C=O) groups excluding carboxylic acids is 2. The van der Waals surface area contributed by atoms with Gasteiger partial charge < -0.3 is 5.32 Å². The molecule has 1 N–H and O–H groups in total. The van der Waals surface area contributed by atoms with E-state index in [1.165, 1.54) is 12.8 Å². The molecule has 0 spiro atoms. The van der Waals surface area contributed by atoms with E-state index in [0.29, 0.717) is 18.9 Å². The van der Waals surface area contributed by atoms with E-state index in [-0.39, 0.29) is 11.7 Å². The SMILES string of the molecule is Cc1cc2n(n1)CC[C@H](NC(=O)c1ncn(CC3CC(C)C3)n1)C(=O)N2C. The van der Waals surface area contributed by atoms with E-state index in [1.807, 2.05) is 13.0 Å². The Morgan fingerprint density at radius 1 is 1.33 bits per heavy atom. The van der Waals surface area contributed by atoms with Gasteiger partial charge in [-0.05, 0) is 38.0 Å². The first-order chi connectivity index (χ1) is 12.9. The van der Waals surface area contributed by atoms with Crippen LogP contribution >= 0.6 is 0 Å². The number of fused-ring (bicyclic) bond motifs is 1. The number of amides is 2. The van der Waals surface area contributed by atoms with E-state index < -0.39 is 11.9 Å². The zero-order valence-corrected chi connectivity index (χ0v) is 15.9. The van der Waals surface area contributed by atoms with Crippen LogP contribution in [0.5, 0.6) is 0 Å². The Labute approximate surface area is 157 Å². The fraction of sp³-hybridized carbons (Fsp3) is 0.611. The molecule has 0 radical (unpaired) electrons. The molecular weight excluding hydrogens is 346 g/mol. The Bertz CT molecular complexity index is 865. The summed E-state index contributed by atoms with van der Waals surface area (Å²) in [6.07, 6.45) is 4.46. The molecule has 1 saturated carbocycles. The molecule has 144 valence electrons. The molecule has 0 unspecified atom stereocenters. The van der Waals surface area contributed by atoms with Gasteiger partial charge in [0.05, 0.1) is 5.69 Å². The molecule has 0 saturated heterocycles. The van der Waals surface area contributed by atoms with Crippen LogP contribution in [0.25, 0.3) is 0 Å². The molecule has 2 aliphatic rings. The molecule has 2 aromatic heterocycles. The minimum absolute atomic E-state index is 0.107. The van der Waals surface area contributed by atoms with E-state index in [1.54, 1.807) is 27.6 Å². The number of carbonyl (C=O) groups is 2. The van der Waals surface area contributed by atoms with Gasteiger partial charge in [-0.1, -0.05) is 6.92 Å². The molecule has 27 heavy (non-hydrogen) atoms. The molecule has 9 nitrogen and oxygen atoms in total. The molecule has 2 aromatic rings. The first kappa shape index (κ1) is 17.7. The van der Waals surface area contributed by atoms with Crippen molar-refractivity contribution in [1.29, 1.82) is 0 Å². The lowest BCUT2D eigenvalue weighted by Gasteiger charge is -2.32. The molecule has 0 bridgehead atoms. The Morgan fingerprint density at radius 3 is 2.85 bits per heavy atom. The van der Waals surface area contributed by atoms with Gasteiger partial charge in [0.1, 0.15) is 18.2 Å². The van der Waals surface area contributed by atoms with Crippen molar-refractivity contribution in [2.75, 3.05) is 11.9 Å². The first-order valence-electron chi connectivity index (χ1n) is 9.43. The fourth-order valence-corrected chi connectivity index (χ4v) is 4.01. The standard InChI is InChI=1S/C18H25N7O2/c1-11-6-13(7-11)9-24-10-19-16(22-24)17(26)20-14-4-5-25-15(8-12(2)21-25)23(3)18(14)27/h8,10-11,13-14H,4-7,9H2,1-3H3,(H,20,26)/t11?,13?,14-/m0/s1. The van der Waals surface area contributed by atoms with Crippen molar-refractivity contribution < 1.29 is 9.59 Å². The minimum atomic E-state index is -0.621. The van der Waals surface area contributed by atoms with Gasteiger partial charge >= 0.3 is 0 Å². The maximum Gasteiger partial charge on any atom is 0.291 e. The van der Waals surface area contributed by atoms with Crippen LogP contribution in [-0.4, -0.2) is 49.4 Å². The molecular formula is C18H25N7O2. The normalized spacial score (nSPS) is 24.9. The van der Waals surface area contributed by atoms with Crippen molar-refractivity contribution in [3.63, 3.8) is 0 Å². The van der Waals surface area contributed by atoms with E-state index in [9.17, 15) is 9.59 Å². The van der Waals surface area contributed by atoms with Crippen molar-refractivity contribution >= 4 is 17.6 Å². The highest BCUT2D eigenvalue weighted by atomic mass is 16.2. The molecule has 1 fully saturated rings. The van der Waals surface area contributed by atoms with E-state index in [4.69, 9.17) is 0 Å². The van der Waals surface area contributed by atoms with Gasteiger partial charge in [-0.3, -0.25) is 19.2 Å². The highest BCUT2D eigenvalue weighted by Gasteiger charge is 2.31. The number of aryl methyl sites for hydroxylation is 2. The lowest BCUT2D eigenvalue weighted by Crippen LogP contribution is -2.47. The van der Waals surface area contributed by atoms with Crippen LogP contribution in [0.4, 0.5) is 5.82 Å². The van der Waals surface area contributed by atoms with Crippen molar-refractivity contribution in [3.05, 3.63) is 23.9 Å². The summed E-state index contributed by atoms with van der Waals surface area (Å²) in [5.74, 6) is 1.66. The summed E-state index contributed by atoms with van der Waals surface area (Å²) in [7, 11) is 1.70. The van der Waals surface area contributed by atoms with Gasteiger partial charge in [0.25, 0.3) is 11.8 Å². The summed E-state index contributed by atoms with van der Waals surface area (Å²) >= 11 is 0. The third-order valence-electron chi connectivity index (χ3n) is 5.44. The highest BCUT2D eigenvalue weighted by Crippen LogP contribution is 2.33. The fourth-order valence-electron chi connectivity index (χ4n) is 4.01. The minimum Gasteiger partial charge on any atom is -0.337 e. The molecule has 1 atom stereocenters. The van der Waals surface area contributed by atoms with Gasteiger partial charge in [0.2, 0.25) is 5.82 Å². The second kappa shape index (κ2) is 6.79. The van der Waals surface area contributed by atoms with E-state index in [2.05, 4.69) is 27.4 Å². The first-order valence-corrected chi connectivity index (χ1v) is 9.43. The molecule has 0 aromatic carbocycles. The second-order valence-electron chi connectivity index (χ2n) is 7.81. The lowest BCUT2D eigenvalue weighted by atomic mass is 9.76. The quantitative estimate of drug-likeness (QED) is 0.864. The number of nitrogens with zero attached hydrogens (tertiary/aromatic N) is 6. The summed E-state index contributed by atoms with van der Waals surface area (Å²) in [4.78, 5) is 30.9. The Balaban J connectivity index is 1.40.